The highest BCUT2D eigenvalue weighted by molar-refractivity contribution is 7.16. The Morgan fingerprint density at radius 2 is 1.76 bits per heavy atom. The molecule has 8 heteroatoms. The predicted octanol–water partition coefficient (Wildman–Crippen LogP) is 3.55. The highest BCUT2D eigenvalue weighted by Gasteiger charge is 2.03. The van der Waals surface area contributed by atoms with Crippen molar-refractivity contribution in [2.45, 2.75) is 6.42 Å². The molecule has 90 valence electrons. The lowest BCUT2D eigenvalue weighted by Crippen LogP contribution is -2.08. The number of anilines is 1. The summed E-state index contributed by atoms with van der Waals surface area (Å²) in [5, 5.41) is 3.17. The first kappa shape index (κ1) is 12.8. The van der Waals surface area contributed by atoms with Crippen LogP contribution >= 0.6 is 46.1 Å². The summed E-state index contributed by atoms with van der Waals surface area (Å²) in [5.74, 6) is 0.373. The van der Waals surface area contributed by atoms with Gasteiger partial charge >= 0.3 is 0 Å². The van der Waals surface area contributed by atoms with Crippen LogP contribution < -0.4 is 5.32 Å². The third-order valence-corrected chi connectivity index (χ3v) is 3.49. The maximum absolute atomic E-state index is 5.83. The minimum absolute atomic E-state index is 0.0756. The lowest BCUT2D eigenvalue weighted by molar-refractivity contribution is 0.973. The summed E-state index contributed by atoms with van der Waals surface area (Å²) in [4.78, 5) is 12.6. The summed E-state index contributed by atoms with van der Waals surface area (Å²) in [6.07, 6.45) is 0.832. The number of aromatic nitrogens is 3. The molecule has 2 aromatic heterocycles. The standard InChI is InChI=1S/C9H7Cl3N4S/c10-6-2-1-5(17-6)3-4-13-9-15-7(11)14-8(12)16-9/h1-2H,3-4H2,(H,13,14,15,16). The van der Waals surface area contributed by atoms with E-state index in [4.69, 9.17) is 34.8 Å². The SMILES string of the molecule is Clc1nc(Cl)nc(NCCc2ccc(Cl)s2)n1. The smallest absolute Gasteiger partial charge is 0.228 e. The van der Waals surface area contributed by atoms with Crippen LogP contribution in [0.4, 0.5) is 5.95 Å². The van der Waals surface area contributed by atoms with Crippen LogP contribution in [0.2, 0.25) is 14.9 Å². The molecule has 0 spiro atoms. The molecule has 0 radical (unpaired) electrons. The zero-order chi connectivity index (χ0) is 12.3. The van der Waals surface area contributed by atoms with Crippen LogP contribution in [0.3, 0.4) is 0 Å². The van der Waals surface area contributed by atoms with Crippen LogP contribution in [0.15, 0.2) is 12.1 Å². The van der Waals surface area contributed by atoms with Gasteiger partial charge in [0.15, 0.2) is 0 Å². The van der Waals surface area contributed by atoms with Crippen LogP contribution in [0.5, 0.6) is 0 Å². The van der Waals surface area contributed by atoms with E-state index in [2.05, 4.69) is 20.3 Å². The van der Waals surface area contributed by atoms with E-state index in [0.29, 0.717) is 12.5 Å². The molecule has 0 saturated carbocycles. The average Bonchev–Trinajstić information content (AvgIpc) is 2.63. The van der Waals surface area contributed by atoms with E-state index >= 15 is 0 Å². The summed E-state index contributed by atoms with van der Waals surface area (Å²) < 4.78 is 0.784. The normalized spacial score (nSPS) is 10.5. The predicted molar refractivity (Wildman–Crippen MR) is 71.4 cm³/mol. The highest BCUT2D eigenvalue weighted by Crippen LogP contribution is 2.21. The first-order chi connectivity index (χ1) is 8.13. The monoisotopic (exact) mass is 308 g/mol. The second-order valence-electron chi connectivity index (χ2n) is 3.08. The van der Waals surface area contributed by atoms with Gasteiger partial charge in [-0.25, -0.2) is 0 Å². The number of hydrogen-bond acceptors (Lipinski definition) is 5. The molecule has 17 heavy (non-hydrogen) atoms. The largest absolute Gasteiger partial charge is 0.354 e. The second-order valence-corrected chi connectivity index (χ2v) is 5.56. The first-order valence-corrected chi connectivity index (χ1v) is 6.64. The Morgan fingerprint density at radius 3 is 2.35 bits per heavy atom. The zero-order valence-electron chi connectivity index (χ0n) is 8.45. The van der Waals surface area contributed by atoms with E-state index < -0.39 is 0 Å². The van der Waals surface area contributed by atoms with Gasteiger partial charge in [-0.05, 0) is 41.8 Å². The Morgan fingerprint density at radius 1 is 1.06 bits per heavy atom. The molecule has 0 unspecified atom stereocenters. The van der Waals surface area contributed by atoms with E-state index in [1.165, 1.54) is 4.88 Å². The van der Waals surface area contributed by atoms with Gasteiger partial charge in [0.2, 0.25) is 16.5 Å². The molecule has 0 aromatic carbocycles. The second kappa shape index (κ2) is 5.82. The lowest BCUT2D eigenvalue weighted by atomic mass is 10.3. The highest BCUT2D eigenvalue weighted by atomic mass is 35.5. The Hall–Kier alpha value is -0.620. The summed E-state index contributed by atoms with van der Waals surface area (Å²) in [6.45, 7) is 0.674. The quantitative estimate of drug-likeness (QED) is 0.938. The van der Waals surface area contributed by atoms with Crippen LogP contribution in [0.25, 0.3) is 0 Å². The van der Waals surface area contributed by atoms with Crippen molar-refractivity contribution in [3.8, 4) is 0 Å². The molecular formula is C9H7Cl3N4S. The topological polar surface area (TPSA) is 50.7 Å². The number of nitrogens with one attached hydrogen (secondary N) is 1. The van der Waals surface area contributed by atoms with Crippen molar-refractivity contribution >= 4 is 52.1 Å². The van der Waals surface area contributed by atoms with Crippen molar-refractivity contribution in [1.29, 1.82) is 0 Å². The molecule has 0 aliphatic rings. The van der Waals surface area contributed by atoms with Crippen molar-refractivity contribution in [3.63, 3.8) is 0 Å². The molecule has 0 aliphatic carbocycles. The molecule has 2 aromatic rings. The number of hydrogen-bond donors (Lipinski definition) is 1. The summed E-state index contributed by atoms with van der Waals surface area (Å²) >= 11 is 18.7. The fraction of sp³-hybridized carbons (Fsp3) is 0.222. The van der Waals surface area contributed by atoms with Crippen LogP contribution in [0.1, 0.15) is 4.88 Å². The van der Waals surface area contributed by atoms with Gasteiger partial charge in [-0.2, -0.15) is 15.0 Å². The zero-order valence-corrected chi connectivity index (χ0v) is 11.5. The fourth-order valence-corrected chi connectivity index (χ4v) is 2.64. The van der Waals surface area contributed by atoms with Crippen molar-refractivity contribution < 1.29 is 0 Å². The van der Waals surface area contributed by atoms with Crippen molar-refractivity contribution in [2.24, 2.45) is 0 Å². The van der Waals surface area contributed by atoms with Gasteiger partial charge in [-0.1, -0.05) is 11.6 Å². The van der Waals surface area contributed by atoms with Gasteiger partial charge in [-0.3, -0.25) is 0 Å². The van der Waals surface area contributed by atoms with E-state index in [9.17, 15) is 0 Å². The van der Waals surface area contributed by atoms with E-state index in [1.807, 2.05) is 12.1 Å². The van der Waals surface area contributed by atoms with E-state index in [0.717, 1.165) is 10.8 Å². The number of thiophene rings is 1. The molecule has 2 heterocycles. The number of nitrogens with zero attached hydrogens (tertiary/aromatic N) is 3. The maximum Gasteiger partial charge on any atom is 0.228 e. The first-order valence-electron chi connectivity index (χ1n) is 4.68. The summed E-state index contributed by atoms with van der Waals surface area (Å²) in [7, 11) is 0. The fourth-order valence-electron chi connectivity index (χ4n) is 1.19. The Labute approximate surface area is 117 Å². The van der Waals surface area contributed by atoms with Gasteiger partial charge < -0.3 is 5.32 Å². The molecule has 4 nitrogen and oxygen atoms in total. The van der Waals surface area contributed by atoms with Crippen LogP contribution in [0, 0.1) is 0 Å². The Balaban J connectivity index is 1.89. The summed E-state index contributed by atoms with van der Waals surface area (Å²) in [6, 6.07) is 3.86. The van der Waals surface area contributed by atoms with Gasteiger partial charge in [0, 0.05) is 11.4 Å². The van der Waals surface area contributed by atoms with Gasteiger partial charge in [0.25, 0.3) is 0 Å². The Kier molecular flexibility index (Phi) is 4.39. The maximum atomic E-state index is 5.83. The van der Waals surface area contributed by atoms with Crippen LogP contribution in [-0.2, 0) is 6.42 Å². The third-order valence-electron chi connectivity index (χ3n) is 1.86. The molecule has 0 aliphatic heterocycles. The van der Waals surface area contributed by atoms with Gasteiger partial charge in [0.05, 0.1) is 4.34 Å². The minimum Gasteiger partial charge on any atom is -0.354 e. The minimum atomic E-state index is 0.0756. The molecule has 0 atom stereocenters. The van der Waals surface area contributed by atoms with Crippen LogP contribution in [-0.4, -0.2) is 21.5 Å². The van der Waals surface area contributed by atoms with Crippen molar-refractivity contribution in [2.75, 3.05) is 11.9 Å². The van der Waals surface area contributed by atoms with E-state index in [1.54, 1.807) is 11.3 Å². The van der Waals surface area contributed by atoms with E-state index in [-0.39, 0.29) is 10.6 Å². The average molecular weight is 310 g/mol. The molecule has 0 fully saturated rings. The summed E-state index contributed by atoms with van der Waals surface area (Å²) in [5.41, 5.74) is 0. The Bertz CT molecular complexity index is 496. The number of rotatable bonds is 4. The molecule has 1 N–H and O–H groups in total. The van der Waals surface area contributed by atoms with Crippen molar-refractivity contribution in [3.05, 3.63) is 31.9 Å². The van der Waals surface area contributed by atoms with Crippen molar-refractivity contribution in [1.82, 2.24) is 15.0 Å². The molecule has 0 bridgehead atoms. The van der Waals surface area contributed by atoms with Gasteiger partial charge in [0.1, 0.15) is 0 Å². The van der Waals surface area contributed by atoms with Gasteiger partial charge in [-0.15, -0.1) is 11.3 Å². The molecular weight excluding hydrogens is 303 g/mol. The molecule has 0 saturated heterocycles. The molecule has 0 amide bonds. The third kappa shape index (κ3) is 3.96. The lowest BCUT2D eigenvalue weighted by Gasteiger charge is -2.03. The molecule has 2 rings (SSSR count). The number of halogens is 3.